The number of hydrogen-bond donors (Lipinski definition) is 2. The summed E-state index contributed by atoms with van der Waals surface area (Å²) in [5, 5.41) is 13.2. The first-order chi connectivity index (χ1) is 19.7. The highest BCUT2D eigenvalue weighted by Gasteiger charge is 2.37. The van der Waals surface area contributed by atoms with Gasteiger partial charge in [0.05, 0.1) is 12.7 Å². The molecule has 1 saturated carbocycles. The number of halogens is 3. The highest BCUT2D eigenvalue weighted by atomic mass is 19.4. The summed E-state index contributed by atoms with van der Waals surface area (Å²) in [4.78, 5) is 29.3. The van der Waals surface area contributed by atoms with Gasteiger partial charge >= 0.3 is 6.18 Å². The zero-order valence-electron chi connectivity index (χ0n) is 22.2. The van der Waals surface area contributed by atoms with Crippen molar-refractivity contribution in [1.82, 2.24) is 5.32 Å². The molecule has 2 N–H and O–H groups in total. The molecule has 1 unspecified atom stereocenters. The third-order valence-corrected chi connectivity index (χ3v) is 7.19. The van der Waals surface area contributed by atoms with Gasteiger partial charge in [-0.15, -0.1) is 0 Å². The van der Waals surface area contributed by atoms with Crippen LogP contribution in [0.3, 0.4) is 0 Å². The van der Waals surface area contributed by atoms with E-state index >= 15 is 0 Å². The van der Waals surface area contributed by atoms with E-state index in [-0.39, 0.29) is 41.0 Å². The summed E-state index contributed by atoms with van der Waals surface area (Å²) in [6.07, 6.45) is -1.34. The van der Waals surface area contributed by atoms with E-state index in [0.29, 0.717) is 18.1 Å². The Bertz CT molecular complexity index is 1440. The van der Waals surface area contributed by atoms with Gasteiger partial charge in [-0.2, -0.15) is 13.2 Å². The third-order valence-electron chi connectivity index (χ3n) is 7.19. The average Bonchev–Trinajstić information content (AvgIpc) is 3.48. The minimum atomic E-state index is -4.69. The molecule has 2 amide bonds. The Kier molecular flexibility index (Phi) is 7.96. The monoisotopic (exact) mass is 570 g/mol. The molecule has 0 spiro atoms. The summed E-state index contributed by atoms with van der Waals surface area (Å²) in [5.41, 5.74) is -0.805. The van der Waals surface area contributed by atoms with Crippen LogP contribution in [0.4, 0.5) is 18.9 Å². The van der Waals surface area contributed by atoms with Gasteiger partial charge in [-0.3, -0.25) is 14.5 Å². The molecule has 0 saturated heterocycles. The van der Waals surface area contributed by atoms with Gasteiger partial charge in [-0.25, -0.2) is 0 Å². The minimum Gasteiger partial charge on any atom is -0.504 e. The standard InChI is InChI=1S/C30H29F3N2O6/c1-39-25-15-18(9-11-23(25)36)27(28(37)34-21-6-2-3-7-21)35(22-8-4-5-20(17-22)30(31,32)33)29(38)19-10-12-24-26(16-19)41-14-13-40-24/h4-5,8-12,15-17,21,27,36H,2-3,6-7,13-14H2,1H3,(H,34,37). The van der Waals surface area contributed by atoms with Gasteiger partial charge in [0.1, 0.15) is 19.3 Å². The molecular formula is C30H29F3N2O6. The first-order valence-electron chi connectivity index (χ1n) is 13.2. The number of nitrogens with zero attached hydrogens (tertiary/aromatic N) is 1. The van der Waals surface area contributed by atoms with Crippen molar-refractivity contribution in [2.45, 2.75) is 43.9 Å². The fourth-order valence-electron chi connectivity index (χ4n) is 5.16. The van der Waals surface area contributed by atoms with Crippen LogP contribution in [0.2, 0.25) is 0 Å². The van der Waals surface area contributed by atoms with Gasteiger partial charge in [-0.05, 0) is 66.9 Å². The van der Waals surface area contributed by atoms with Crippen molar-refractivity contribution in [3.63, 3.8) is 0 Å². The second-order valence-electron chi connectivity index (χ2n) is 9.91. The maximum absolute atomic E-state index is 14.3. The first-order valence-corrected chi connectivity index (χ1v) is 13.2. The number of rotatable bonds is 7. The van der Waals surface area contributed by atoms with Gasteiger partial charge in [-0.1, -0.05) is 25.0 Å². The van der Waals surface area contributed by atoms with Crippen molar-refractivity contribution in [3.8, 4) is 23.0 Å². The number of alkyl halides is 3. The molecule has 1 heterocycles. The molecule has 0 radical (unpaired) electrons. The highest BCUT2D eigenvalue weighted by Crippen LogP contribution is 2.39. The van der Waals surface area contributed by atoms with Crippen LogP contribution in [0.25, 0.3) is 0 Å². The lowest BCUT2D eigenvalue weighted by Crippen LogP contribution is -2.46. The number of ether oxygens (including phenoxy) is 3. The summed E-state index contributed by atoms with van der Waals surface area (Å²) in [6.45, 7) is 0.602. The molecule has 2 aliphatic rings. The largest absolute Gasteiger partial charge is 0.504 e. The third kappa shape index (κ3) is 6.03. The Morgan fingerprint density at radius 1 is 1.00 bits per heavy atom. The number of phenolic OH excluding ortho intramolecular Hbond substituents is 1. The molecule has 0 aromatic heterocycles. The average molecular weight is 571 g/mol. The maximum atomic E-state index is 14.3. The Balaban J connectivity index is 1.67. The van der Waals surface area contributed by atoms with Crippen LogP contribution in [0, 0.1) is 0 Å². The number of aromatic hydroxyl groups is 1. The quantitative estimate of drug-likeness (QED) is 0.382. The molecule has 0 bridgehead atoms. The van der Waals surface area contributed by atoms with Crippen LogP contribution < -0.4 is 24.4 Å². The van der Waals surface area contributed by atoms with E-state index in [4.69, 9.17) is 14.2 Å². The summed E-state index contributed by atoms with van der Waals surface area (Å²) < 4.78 is 57.8. The Hall–Kier alpha value is -4.41. The van der Waals surface area contributed by atoms with E-state index in [2.05, 4.69) is 5.32 Å². The molecular weight excluding hydrogens is 541 g/mol. The van der Waals surface area contributed by atoms with Crippen LogP contribution in [-0.4, -0.2) is 43.3 Å². The smallest absolute Gasteiger partial charge is 0.416 e. The number of nitrogens with one attached hydrogen (secondary N) is 1. The van der Waals surface area contributed by atoms with E-state index in [9.17, 15) is 27.9 Å². The number of methoxy groups -OCH3 is 1. The lowest BCUT2D eigenvalue weighted by Gasteiger charge is -2.33. The lowest BCUT2D eigenvalue weighted by molar-refractivity contribution is -0.137. The predicted molar refractivity (Wildman–Crippen MR) is 143 cm³/mol. The van der Waals surface area contributed by atoms with Crippen LogP contribution in [0.5, 0.6) is 23.0 Å². The second-order valence-corrected chi connectivity index (χ2v) is 9.91. The van der Waals surface area contributed by atoms with E-state index in [1.807, 2.05) is 0 Å². The predicted octanol–water partition coefficient (Wildman–Crippen LogP) is 5.64. The van der Waals surface area contributed by atoms with E-state index in [1.165, 1.54) is 49.6 Å². The molecule has 1 atom stereocenters. The number of carbonyl (C=O) groups is 2. The molecule has 3 aromatic rings. The van der Waals surface area contributed by atoms with Gasteiger partial charge in [0.25, 0.3) is 5.91 Å². The number of phenols is 1. The molecule has 1 fully saturated rings. The Morgan fingerprint density at radius 3 is 2.44 bits per heavy atom. The van der Waals surface area contributed by atoms with E-state index in [1.54, 1.807) is 6.07 Å². The van der Waals surface area contributed by atoms with Crippen molar-refractivity contribution < 1.29 is 42.1 Å². The zero-order chi connectivity index (χ0) is 29.1. The molecule has 3 aromatic carbocycles. The highest BCUT2D eigenvalue weighted by molar-refractivity contribution is 6.10. The number of benzene rings is 3. The summed E-state index contributed by atoms with van der Waals surface area (Å²) in [6, 6.07) is 11.3. The van der Waals surface area contributed by atoms with Crippen molar-refractivity contribution in [1.29, 1.82) is 0 Å². The number of fused-ring (bicyclic) bond motifs is 1. The van der Waals surface area contributed by atoms with E-state index < -0.39 is 29.6 Å². The molecule has 5 rings (SSSR count). The summed E-state index contributed by atoms with van der Waals surface area (Å²) in [7, 11) is 1.33. The van der Waals surface area contributed by atoms with Gasteiger partial charge in [0.2, 0.25) is 5.91 Å². The number of amides is 2. The molecule has 11 heteroatoms. The van der Waals surface area contributed by atoms with Crippen molar-refractivity contribution in [2.75, 3.05) is 25.2 Å². The van der Waals surface area contributed by atoms with Gasteiger partial charge < -0.3 is 24.6 Å². The number of hydrogen-bond acceptors (Lipinski definition) is 6. The molecule has 216 valence electrons. The van der Waals surface area contributed by atoms with Crippen LogP contribution >= 0.6 is 0 Å². The normalized spacial score (nSPS) is 15.7. The fraction of sp³-hybridized carbons (Fsp3) is 0.333. The van der Waals surface area contributed by atoms with Crippen molar-refractivity contribution >= 4 is 17.5 Å². The fourth-order valence-corrected chi connectivity index (χ4v) is 5.16. The zero-order valence-corrected chi connectivity index (χ0v) is 22.2. The maximum Gasteiger partial charge on any atom is 0.416 e. The molecule has 8 nitrogen and oxygen atoms in total. The van der Waals surface area contributed by atoms with Crippen LogP contribution in [0.15, 0.2) is 60.7 Å². The minimum absolute atomic E-state index is 0.0388. The van der Waals surface area contributed by atoms with Gasteiger partial charge in [0, 0.05) is 17.3 Å². The molecule has 41 heavy (non-hydrogen) atoms. The first kappa shape index (κ1) is 28.1. The summed E-state index contributed by atoms with van der Waals surface area (Å²) >= 11 is 0. The van der Waals surface area contributed by atoms with Crippen LogP contribution in [-0.2, 0) is 11.0 Å². The molecule has 1 aliphatic heterocycles. The summed E-state index contributed by atoms with van der Waals surface area (Å²) in [5.74, 6) is -0.735. The van der Waals surface area contributed by atoms with E-state index in [0.717, 1.165) is 42.7 Å². The van der Waals surface area contributed by atoms with Crippen molar-refractivity contribution in [3.05, 3.63) is 77.4 Å². The lowest BCUT2D eigenvalue weighted by atomic mass is 9.99. The Labute approximate surface area is 234 Å². The van der Waals surface area contributed by atoms with Gasteiger partial charge in [0.15, 0.2) is 23.0 Å². The number of carbonyl (C=O) groups excluding carboxylic acids is 2. The van der Waals surface area contributed by atoms with Crippen LogP contribution in [0.1, 0.15) is 53.2 Å². The number of anilines is 1. The van der Waals surface area contributed by atoms with Crippen molar-refractivity contribution in [2.24, 2.45) is 0 Å². The molecule has 1 aliphatic carbocycles. The Morgan fingerprint density at radius 2 is 1.73 bits per heavy atom. The topological polar surface area (TPSA) is 97.3 Å². The second kappa shape index (κ2) is 11.6. The SMILES string of the molecule is COc1cc(C(C(=O)NC2CCCC2)N(C(=O)c2ccc3c(c2)OCCO3)c2cccc(C(F)(F)F)c2)ccc1O.